The maximum absolute atomic E-state index is 11.7. The third-order valence-electron chi connectivity index (χ3n) is 5.60. The molecular formula is C15H30N4O. The zero-order valence-electron chi connectivity index (χ0n) is 13.4. The number of carbonyl (C=O) groups excluding carboxylic acids is 1. The smallest absolute Gasteiger partial charge is 0.237 e. The van der Waals surface area contributed by atoms with Gasteiger partial charge in [0.05, 0.1) is 5.54 Å². The van der Waals surface area contributed by atoms with Crippen LogP contribution in [-0.4, -0.2) is 66.6 Å². The fourth-order valence-electron chi connectivity index (χ4n) is 3.78. The van der Waals surface area contributed by atoms with Crippen molar-refractivity contribution in [3.63, 3.8) is 0 Å². The number of primary amides is 1. The second-order valence-electron chi connectivity index (χ2n) is 6.83. The number of rotatable bonds is 5. The number of likely N-dealkylation sites (tertiary alicyclic amines) is 1. The van der Waals surface area contributed by atoms with E-state index in [4.69, 9.17) is 5.73 Å². The zero-order chi connectivity index (χ0) is 14.9. The minimum Gasteiger partial charge on any atom is -0.368 e. The van der Waals surface area contributed by atoms with Gasteiger partial charge in [0.2, 0.25) is 5.91 Å². The molecule has 5 nitrogen and oxygen atoms in total. The molecule has 1 amide bonds. The zero-order valence-corrected chi connectivity index (χ0v) is 13.4. The Bertz CT molecular complexity index is 362. The highest BCUT2D eigenvalue weighted by atomic mass is 16.1. The molecule has 0 spiro atoms. The summed E-state index contributed by atoms with van der Waals surface area (Å²) in [7, 11) is 4.08. The first-order valence-electron chi connectivity index (χ1n) is 7.82. The van der Waals surface area contributed by atoms with Crippen LogP contribution in [0.4, 0.5) is 0 Å². The second-order valence-corrected chi connectivity index (χ2v) is 6.83. The van der Waals surface area contributed by atoms with Gasteiger partial charge in [-0.3, -0.25) is 14.6 Å². The molecule has 0 aliphatic carbocycles. The summed E-state index contributed by atoms with van der Waals surface area (Å²) in [5.74, 6) is -0.264. The van der Waals surface area contributed by atoms with Crippen molar-refractivity contribution < 1.29 is 4.79 Å². The van der Waals surface area contributed by atoms with Crippen LogP contribution in [0.1, 0.15) is 39.5 Å². The van der Waals surface area contributed by atoms with Crippen molar-refractivity contribution in [1.29, 1.82) is 0 Å². The monoisotopic (exact) mass is 282 g/mol. The van der Waals surface area contributed by atoms with E-state index in [0.29, 0.717) is 12.1 Å². The second kappa shape index (κ2) is 6.00. The quantitative estimate of drug-likeness (QED) is 0.766. The molecule has 0 aromatic rings. The Morgan fingerprint density at radius 1 is 1.40 bits per heavy atom. The topological polar surface area (TPSA) is 61.6 Å². The summed E-state index contributed by atoms with van der Waals surface area (Å²) in [4.78, 5) is 16.7. The number of hydrogen-bond donors (Lipinski definition) is 2. The summed E-state index contributed by atoms with van der Waals surface area (Å²) >= 11 is 0. The molecule has 0 radical (unpaired) electrons. The van der Waals surface area contributed by atoms with Crippen LogP contribution >= 0.6 is 0 Å². The van der Waals surface area contributed by atoms with Crippen molar-refractivity contribution in [1.82, 2.24) is 15.1 Å². The normalized spacial score (nSPS) is 32.6. The molecular weight excluding hydrogens is 252 g/mol. The molecule has 3 N–H and O–H groups in total. The molecule has 20 heavy (non-hydrogen) atoms. The summed E-state index contributed by atoms with van der Waals surface area (Å²) in [6.07, 6.45) is 4.66. The molecule has 0 saturated carbocycles. The van der Waals surface area contributed by atoms with Crippen molar-refractivity contribution in [3.8, 4) is 0 Å². The van der Waals surface area contributed by atoms with Gasteiger partial charge in [0.1, 0.15) is 0 Å². The van der Waals surface area contributed by atoms with Gasteiger partial charge in [-0.05, 0) is 60.2 Å². The predicted molar refractivity (Wildman–Crippen MR) is 81.5 cm³/mol. The van der Waals surface area contributed by atoms with E-state index >= 15 is 0 Å². The maximum Gasteiger partial charge on any atom is 0.237 e. The number of nitrogens with one attached hydrogen (secondary N) is 1. The van der Waals surface area contributed by atoms with Gasteiger partial charge in [-0.15, -0.1) is 0 Å². The van der Waals surface area contributed by atoms with Crippen LogP contribution in [-0.2, 0) is 4.79 Å². The van der Waals surface area contributed by atoms with E-state index in [1.165, 1.54) is 19.3 Å². The van der Waals surface area contributed by atoms with Crippen LogP contribution < -0.4 is 11.1 Å². The lowest BCUT2D eigenvalue weighted by atomic mass is 9.91. The average Bonchev–Trinajstić information content (AvgIpc) is 2.62. The highest BCUT2D eigenvalue weighted by Crippen LogP contribution is 2.30. The van der Waals surface area contributed by atoms with E-state index < -0.39 is 5.54 Å². The first kappa shape index (κ1) is 15.7. The van der Waals surface area contributed by atoms with E-state index in [-0.39, 0.29) is 5.91 Å². The van der Waals surface area contributed by atoms with Gasteiger partial charge in [-0.25, -0.2) is 0 Å². The lowest BCUT2D eigenvalue weighted by Gasteiger charge is -2.36. The Balaban J connectivity index is 1.99. The van der Waals surface area contributed by atoms with Gasteiger partial charge in [0.25, 0.3) is 0 Å². The molecule has 2 bridgehead atoms. The summed E-state index contributed by atoms with van der Waals surface area (Å²) in [5, 5.41) is 3.09. The lowest BCUT2D eigenvalue weighted by Crippen LogP contribution is -2.55. The summed E-state index contributed by atoms with van der Waals surface area (Å²) < 4.78 is 0. The van der Waals surface area contributed by atoms with Crippen LogP contribution in [0.5, 0.6) is 0 Å². The minimum atomic E-state index is -0.614. The van der Waals surface area contributed by atoms with Gasteiger partial charge in [-0.1, -0.05) is 0 Å². The number of fused-ring (bicyclic) bond motifs is 2. The molecule has 2 fully saturated rings. The lowest BCUT2D eigenvalue weighted by molar-refractivity contribution is -0.124. The average molecular weight is 282 g/mol. The molecule has 0 aromatic heterocycles. The highest BCUT2D eigenvalue weighted by molar-refractivity contribution is 5.84. The van der Waals surface area contributed by atoms with Crippen molar-refractivity contribution in [3.05, 3.63) is 0 Å². The van der Waals surface area contributed by atoms with Crippen LogP contribution in [0.25, 0.3) is 0 Å². The third kappa shape index (κ3) is 3.00. The summed E-state index contributed by atoms with van der Waals surface area (Å²) in [5.41, 5.74) is 4.93. The van der Waals surface area contributed by atoms with Gasteiger partial charge >= 0.3 is 0 Å². The fraction of sp³-hybridized carbons (Fsp3) is 0.933. The first-order chi connectivity index (χ1) is 9.37. The fourth-order valence-corrected chi connectivity index (χ4v) is 3.78. The summed E-state index contributed by atoms with van der Waals surface area (Å²) in [6.45, 7) is 6.37. The van der Waals surface area contributed by atoms with Crippen LogP contribution in [0, 0.1) is 0 Å². The van der Waals surface area contributed by atoms with E-state index in [1.807, 2.05) is 14.0 Å². The number of likely N-dealkylation sites (N-methyl/N-ethyl adjacent to an activating group) is 2. The molecule has 2 rings (SSSR count). The molecule has 4 unspecified atom stereocenters. The van der Waals surface area contributed by atoms with Gasteiger partial charge in [0, 0.05) is 24.7 Å². The van der Waals surface area contributed by atoms with Crippen molar-refractivity contribution in [2.24, 2.45) is 5.73 Å². The Labute approximate surface area is 122 Å². The Kier molecular flexibility index (Phi) is 4.72. The van der Waals surface area contributed by atoms with Crippen molar-refractivity contribution in [2.75, 3.05) is 27.2 Å². The molecule has 0 aromatic carbocycles. The number of nitrogens with zero attached hydrogens (tertiary/aromatic N) is 2. The van der Waals surface area contributed by atoms with Crippen molar-refractivity contribution in [2.45, 2.75) is 63.2 Å². The largest absolute Gasteiger partial charge is 0.368 e. The van der Waals surface area contributed by atoms with Crippen LogP contribution in [0.15, 0.2) is 0 Å². The number of amides is 1. The minimum absolute atomic E-state index is 0.264. The number of hydrogen-bond acceptors (Lipinski definition) is 4. The highest BCUT2D eigenvalue weighted by Gasteiger charge is 2.38. The number of carbonyl (C=O) groups is 1. The van der Waals surface area contributed by atoms with E-state index in [2.05, 4.69) is 29.1 Å². The van der Waals surface area contributed by atoms with Crippen LogP contribution in [0.2, 0.25) is 0 Å². The first-order valence-corrected chi connectivity index (χ1v) is 7.82. The molecule has 2 saturated heterocycles. The number of nitrogens with two attached hydrogens (primary N) is 1. The van der Waals surface area contributed by atoms with Gasteiger partial charge in [-0.2, -0.15) is 0 Å². The molecule has 2 heterocycles. The van der Waals surface area contributed by atoms with Gasteiger partial charge < -0.3 is 11.1 Å². The maximum atomic E-state index is 11.7. The third-order valence-corrected chi connectivity index (χ3v) is 5.60. The van der Waals surface area contributed by atoms with Gasteiger partial charge in [0.15, 0.2) is 0 Å². The van der Waals surface area contributed by atoms with E-state index in [9.17, 15) is 4.79 Å². The molecule has 2 aliphatic rings. The van der Waals surface area contributed by atoms with Crippen LogP contribution in [0.3, 0.4) is 0 Å². The Hall–Kier alpha value is -0.650. The molecule has 2 aliphatic heterocycles. The standard InChI is InChI=1S/C15H30N4O/c1-11(9-15(2,17-3)14(16)20)19-8-7-12-5-6-13(10-19)18(12)4/h11-13,17H,5-10H2,1-4H3,(H2,16,20). The predicted octanol–water partition coefficient (Wildman–Crippen LogP) is 0.397. The Morgan fingerprint density at radius 2 is 2.05 bits per heavy atom. The van der Waals surface area contributed by atoms with E-state index in [0.717, 1.165) is 25.6 Å². The molecule has 116 valence electrons. The molecule has 4 atom stereocenters. The summed E-state index contributed by atoms with van der Waals surface area (Å²) in [6, 6.07) is 1.80. The SMILES string of the molecule is CNC(C)(CC(C)N1CCC2CCC(C1)N2C)C(N)=O. The van der Waals surface area contributed by atoms with E-state index in [1.54, 1.807) is 0 Å². The van der Waals surface area contributed by atoms with Crippen molar-refractivity contribution >= 4 is 5.91 Å². The molecule has 5 heteroatoms. The Morgan fingerprint density at radius 3 is 2.65 bits per heavy atom.